The van der Waals surface area contributed by atoms with Crippen LogP contribution in [0.3, 0.4) is 0 Å². The van der Waals surface area contributed by atoms with E-state index in [9.17, 15) is 13.2 Å². The lowest BCUT2D eigenvalue weighted by Crippen LogP contribution is -2.43. The van der Waals surface area contributed by atoms with Crippen molar-refractivity contribution in [3.8, 4) is 0 Å². The van der Waals surface area contributed by atoms with Gasteiger partial charge in [0.1, 0.15) is 0 Å². The van der Waals surface area contributed by atoms with E-state index in [1.54, 1.807) is 18.2 Å². The van der Waals surface area contributed by atoms with Gasteiger partial charge in [0, 0.05) is 10.5 Å². The van der Waals surface area contributed by atoms with Crippen molar-refractivity contribution < 1.29 is 13.2 Å². The van der Waals surface area contributed by atoms with Crippen LogP contribution in [0.2, 0.25) is 0 Å². The maximum absolute atomic E-state index is 12.0. The Bertz CT molecular complexity index is 556. The first-order valence-corrected chi connectivity index (χ1v) is 8.35. The Balaban J connectivity index is 2.06. The smallest absolute Gasteiger partial charge is 0.252 e. The Morgan fingerprint density at radius 2 is 2.06 bits per heavy atom. The first-order valence-electron chi connectivity index (χ1n) is 5.74. The molecule has 18 heavy (non-hydrogen) atoms. The first-order chi connectivity index (χ1) is 8.48. The minimum atomic E-state index is -3.00. The van der Waals surface area contributed by atoms with Crippen LogP contribution < -0.4 is 5.32 Å². The van der Waals surface area contributed by atoms with Crippen LogP contribution in [-0.4, -0.2) is 31.9 Å². The van der Waals surface area contributed by atoms with Crippen LogP contribution >= 0.6 is 15.9 Å². The lowest BCUT2D eigenvalue weighted by atomic mass is 10.1. The summed E-state index contributed by atoms with van der Waals surface area (Å²) >= 11 is 3.31. The first kappa shape index (κ1) is 13.5. The summed E-state index contributed by atoms with van der Waals surface area (Å²) < 4.78 is 23.7. The number of hydrogen-bond donors (Lipinski definition) is 1. The van der Waals surface area contributed by atoms with E-state index in [-0.39, 0.29) is 23.5 Å². The van der Waals surface area contributed by atoms with E-state index in [0.717, 1.165) is 6.42 Å². The summed E-state index contributed by atoms with van der Waals surface area (Å²) in [4.78, 5) is 12.0. The highest BCUT2D eigenvalue weighted by Gasteiger charge is 2.26. The summed E-state index contributed by atoms with van der Waals surface area (Å²) in [5, 5.41) is 2.78. The van der Waals surface area contributed by atoms with Crippen LogP contribution in [0.1, 0.15) is 23.2 Å². The summed E-state index contributed by atoms with van der Waals surface area (Å²) in [5.41, 5.74) is 0.528. The van der Waals surface area contributed by atoms with E-state index in [1.807, 2.05) is 6.07 Å². The van der Waals surface area contributed by atoms with Crippen LogP contribution in [0.15, 0.2) is 28.7 Å². The quantitative estimate of drug-likeness (QED) is 0.898. The van der Waals surface area contributed by atoms with Crippen molar-refractivity contribution in [2.45, 2.75) is 18.9 Å². The maximum atomic E-state index is 12.0. The summed E-state index contributed by atoms with van der Waals surface area (Å²) in [6, 6.07) is 6.82. The zero-order chi connectivity index (χ0) is 13.2. The molecule has 1 aromatic carbocycles. The Kier molecular flexibility index (Phi) is 4.07. The Hall–Kier alpha value is -0.880. The second kappa shape index (κ2) is 5.40. The summed E-state index contributed by atoms with van der Waals surface area (Å²) in [7, 11) is -3.00. The molecular formula is C12H14BrNO3S. The highest BCUT2D eigenvalue weighted by molar-refractivity contribution is 9.10. The molecule has 1 saturated heterocycles. The van der Waals surface area contributed by atoms with E-state index in [2.05, 4.69) is 21.2 Å². The Morgan fingerprint density at radius 3 is 2.72 bits per heavy atom. The van der Waals surface area contributed by atoms with Crippen LogP contribution in [0, 0.1) is 0 Å². The largest absolute Gasteiger partial charge is 0.348 e. The molecular weight excluding hydrogens is 318 g/mol. The summed E-state index contributed by atoms with van der Waals surface area (Å²) in [6.07, 6.45) is 1.33. The van der Waals surface area contributed by atoms with Crippen molar-refractivity contribution in [3.63, 3.8) is 0 Å². The number of rotatable bonds is 2. The average molecular weight is 332 g/mol. The third kappa shape index (κ3) is 3.32. The fourth-order valence-electron chi connectivity index (χ4n) is 2.05. The van der Waals surface area contributed by atoms with E-state index < -0.39 is 9.84 Å². The number of amides is 1. The van der Waals surface area contributed by atoms with Gasteiger partial charge < -0.3 is 5.32 Å². The SMILES string of the molecule is O=C(NC1CCCS(=O)(=O)C1)c1ccccc1Br. The highest BCUT2D eigenvalue weighted by Crippen LogP contribution is 2.17. The van der Waals surface area contributed by atoms with E-state index in [1.165, 1.54) is 0 Å². The molecule has 0 aromatic heterocycles. The molecule has 1 N–H and O–H groups in total. The van der Waals surface area contributed by atoms with Gasteiger partial charge in [-0.15, -0.1) is 0 Å². The number of halogens is 1. The van der Waals surface area contributed by atoms with E-state index in [0.29, 0.717) is 16.5 Å². The van der Waals surface area contributed by atoms with Gasteiger partial charge >= 0.3 is 0 Å². The Labute approximate surface area is 115 Å². The minimum Gasteiger partial charge on any atom is -0.348 e. The predicted octanol–water partition coefficient (Wildman–Crippen LogP) is 1.76. The van der Waals surface area contributed by atoms with Crippen LogP contribution in [-0.2, 0) is 9.84 Å². The van der Waals surface area contributed by atoms with E-state index in [4.69, 9.17) is 0 Å². The molecule has 0 saturated carbocycles. The van der Waals surface area contributed by atoms with Crippen molar-refractivity contribution in [1.82, 2.24) is 5.32 Å². The van der Waals surface area contributed by atoms with Gasteiger partial charge in [-0.05, 0) is 40.9 Å². The van der Waals surface area contributed by atoms with E-state index >= 15 is 0 Å². The number of sulfone groups is 1. The molecule has 4 nitrogen and oxygen atoms in total. The molecule has 1 heterocycles. The monoisotopic (exact) mass is 331 g/mol. The standard InChI is InChI=1S/C12H14BrNO3S/c13-11-6-2-1-5-10(11)12(15)14-9-4-3-7-18(16,17)8-9/h1-2,5-6,9H,3-4,7-8H2,(H,14,15). The lowest BCUT2D eigenvalue weighted by Gasteiger charge is -2.23. The summed E-state index contributed by atoms with van der Waals surface area (Å²) in [6.45, 7) is 0. The van der Waals surface area contributed by atoms with Gasteiger partial charge in [-0.1, -0.05) is 12.1 Å². The molecule has 6 heteroatoms. The number of carbonyl (C=O) groups is 1. The lowest BCUT2D eigenvalue weighted by molar-refractivity contribution is 0.0937. The normalized spacial score (nSPS) is 22.4. The van der Waals surface area contributed by atoms with Crippen LogP contribution in [0.4, 0.5) is 0 Å². The van der Waals surface area contributed by atoms with Gasteiger partial charge in [0.15, 0.2) is 9.84 Å². The fourth-order valence-corrected chi connectivity index (χ4v) is 4.15. The van der Waals surface area contributed by atoms with Gasteiger partial charge in [0.25, 0.3) is 5.91 Å². The third-order valence-electron chi connectivity index (χ3n) is 2.92. The van der Waals surface area contributed by atoms with Gasteiger partial charge in [-0.25, -0.2) is 8.42 Å². The molecule has 1 amide bonds. The molecule has 0 radical (unpaired) electrons. The third-order valence-corrected chi connectivity index (χ3v) is 5.43. The fraction of sp³-hybridized carbons (Fsp3) is 0.417. The number of hydrogen-bond acceptors (Lipinski definition) is 3. The van der Waals surface area contributed by atoms with Gasteiger partial charge in [-0.2, -0.15) is 0 Å². The average Bonchev–Trinajstić information content (AvgIpc) is 2.28. The Morgan fingerprint density at radius 1 is 1.33 bits per heavy atom. The van der Waals surface area contributed by atoms with Gasteiger partial charge in [-0.3, -0.25) is 4.79 Å². The molecule has 1 aliphatic heterocycles. The molecule has 0 bridgehead atoms. The molecule has 0 spiro atoms. The molecule has 1 aromatic rings. The second-order valence-electron chi connectivity index (χ2n) is 4.41. The van der Waals surface area contributed by atoms with Crippen molar-refractivity contribution in [3.05, 3.63) is 34.3 Å². The van der Waals surface area contributed by atoms with Crippen molar-refractivity contribution >= 4 is 31.7 Å². The van der Waals surface area contributed by atoms with Crippen LogP contribution in [0.25, 0.3) is 0 Å². The second-order valence-corrected chi connectivity index (χ2v) is 7.49. The molecule has 1 unspecified atom stereocenters. The number of nitrogens with one attached hydrogen (secondary N) is 1. The molecule has 1 atom stereocenters. The zero-order valence-electron chi connectivity index (χ0n) is 9.73. The topological polar surface area (TPSA) is 63.2 Å². The summed E-state index contributed by atoms with van der Waals surface area (Å²) in [5.74, 6) is 0.0435. The molecule has 1 aliphatic rings. The molecule has 0 aliphatic carbocycles. The van der Waals surface area contributed by atoms with Gasteiger partial charge in [0.05, 0.1) is 17.1 Å². The maximum Gasteiger partial charge on any atom is 0.252 e. The van der Waals surface area contributed by atoms with Crippen LogP contribution in [0.5, 0.6) is 0 Å². The predicted molar refractivity (Wildman–Crippen MR) is 73.3 cm³/mol. The molecule has 1 fully saturated rings. The number of carbonyl (C=O) groups excluding carboxylic acids is 1. The minimum absolute atomic E-state index is 0.0448. The zero-order valence-corrected chi connectivity index (χ0v) is 12.1. The molecule has 2 rings (SSSR count). The van der Waals surface area contributed by atoms with Crippen molar-refractivity contribution in [2.75, 3.05) is 11.5 Å². The highest BCUT2D eigenvalue weighted by atomic mass is 79.9. The van der Waals surface area contributed by atoms with Crippen molar-refractivity contribution in [2.24, 2.45) is 0 Å². The number of benzene rings is 1. The molecule has 98 valence electrons. The van der Waals surface area contributed by atoms with Crippen molar-refractivity contribution in [1.29, 1.82) is 0 Å². The van der Waals surface area contributed by atoms with Gasteiger partial charge in [0.2, 0.25) is 0 Å².